The number of hydrogen-bond donors (Lipinski definition) is 0. The number of halogens is 2. The largest absolute Gasteiger partial charge is 0.467 e. The molecule has 0 atom stereocenters. The van der Waals surface area contributed by atoms with Gasteiger partial charge < -0.3 is 9.32 Å². The van der Waals surface area contributed by atoms with Gasteiger partial charge in [-0.15, -0.1) is 0 Å². The Morgan fingerprint density at radius 2 is 1.61 bits per heavy atom. The topological polar surface area (TPSA) is 67.6 Å². The van der Waals surface area contributed by atoms with Crippen molar-refractivity contribution < 1.29 is 26.4 Å². The molecule has 1 heterocycles. The normalized spacial score (nSPS) is 11.5. The summed E-state index contributed by atoms with van der Waals surface area (Å²) in [7, 11) is -4.70. The summed E-state index contributed by atoms with van der Waals surface area (Å²) < 4.78 is 53.7. The van der Waals surface area contributed by atoms with Crippen molar-refractivity contribution in [1.29, 1.82) is 0 Å². The smallest absolute Gasteiger partial charge is 0.341 e. The summed E-state index contributed by atoms with van der Waals surface area (Å²) in [5.74, 6) is -3.30. The Kier molecular flexibility index (Phi) is 5.89. The summed E-state index contributed by atoms with van der Waals surface area (Å²) in [6.07, 6.45) is 1.50. The number of alkyl halides is 2. The number of furan rings is 1. The standard InChI is InChI=1S/C20H17F2NO4S/c21-20(22)28(25,26)18-10-8-16(9-11-18)19(24)23(14-17-7-4-12-27-17)13-15-5-2-1-3-6-15/h1-12,20H,13-14H2. The van der Waals surface area contributed by atoms with Crippen LogP contribution in [0.4, 0.5) is 8.78 Å². The van der Waals surface area contributed by atoms with E-state index in [1.54, 1.807) is 12.1 Å². The maximum atomic E-state index is 13.0. The molecule has 28 heavy (non-hydrogen) atoms. The summed E-state index contributed by atoms with van der Waals surface area (Å²) in [5.41, 5.74) is 1.09. The number of carbonyl (C=O) groups excluding carboxylic acids is 1. The van der Waals surface area contributed by atoms with Gasteiger partial charge in [-0.2, -0.15) is 8.78 Å². The van der Waals surface area contributed by atoms with E-state index in [0.717, 1.165) is 17.7 Å². The van der Waals surface area contributed by atoms with E-state index in [1.165, 1.54) is 23.3 Å². The summed E-state index contributed by atoms with van der Waals surface area (Å²) in [5, 5.41) is 0. The van der Waals surface area contributed by atoms with Crippen molar-refractivity contribution in [2.45, 2.75) is 23.7 Å². The number of amides is 1. The van der Waals surface area contributed by atoms with Crippen molar-refractivity contribution in [2.24, 2.45) is 0 Å². The highest BCUT2D eigenvalue weighted by molar-refractivity contribution is 7.91. The van der Waals surface area contributed by atoms with E-state index in [1.807, 2.05) is 30.3 Å². The fourth-order valence-electron chi connectivity index (χ4n) is 2.67. The monoisotopic (exact) mass is 405 g/mol. The molecule has 0 aliphatic heterocycles. The minimum Gasteiger partial charge on any atom is -0.467 e. The SMILES string of the molecule is O=C(c1ccc(S(=O)(=O)C(F)F)cc1)N(Cc1ccccc1)Cc1ccco1. The van der Waals surface area contributed by atoms with Crippen molar-refractivity contribution >= 4 is 15.7 Å². The molecule has 3 aromatic rings. The number of hydrogen-bond acceptors (Lipinski definition) is 4. The summed E-state index contributed by atoms with van der Waals surface area (Å²) >= 11 is 0. The molecule has 3 rings (SSSR count). The van der Waals surface area contributed by atoms with E-state index in [-0.39, 0.29) is 18.0 Å². The molecule has 2 aromatic carbocycles. The molecule has 0 aliphatic rings. The highest BCUT2D eigenvalue weighted by Crippen LogP contribution is 2.20. The van der Waals surface area contributed by atoms with Crippen molar-refractivity contribution in [3.05, 3.63) is 89.9 Å². The quantitative estimate of drug-likeness (QED) is 0.593. The Morgan fingerprint density at radius 3 is 2.18 bits per heavy atom. The zero-order valence-corrected chi connectivity index (χ0v) is 15.5. The fourth-order valence-corrected chi connectivity index (χ4v) is 3.39. The van der Waals surface area contributed by atoms with Gasteiger partial charge in [-0.3, -0.25) is 4.79 Å². The lowest BCUT2D eigenvalue weighted by atomic mass is 10.1. The predicted octanol–water partition coefficient (Wildman–Crippen LogP) is 4.12. The van der Waals surface area contributed by atoms with Crippen LogP contribution in [0.15, 0.2) is 82.3 Å². The van der Waals surface area contributed by atoms with E-state index in [9.17, 15) is 22.0 Å². The fraction of sp³-hybridized carbons (Fsp3) is 0.150. The number of rotatable bonds is 7. The molecule has 1 aromatic heterocycles. The second-order valence-electron chi connectivity index (χ2n) is 6.06. The number of carbonyl (C=O) groups is 1. The van der Waals surface area contributed by atoms with Crippen LogP contribution in [-0.4, -0.2) is 25.0 Å². The van der Waals surface area contributed by atoms with E-state index in [2.05, 4.69) is 0 Å². The molecule has 1 amide bonds. The van der Waals surface area contributed by atoms with E-state index < -0.39 is 20.5 Å². The van der Waals surface area contributed by atoms with Crippen LogP contribution in [0.3, 0.4) is 0 Å². The van der Waals surface area contributed by atoms with E-state index in [4.69, 9.17) is 4.42 Å². The first-order valence-electron chi connectivity index (χ1n) is 8.35. The maximum Gasteiger partial charge on any atom is 0.341 e. The molecule has 0 saturated carbocycles. The van der Waals surface area contributed by atoms with Crippen molar-refractivity contribution in [3.8, 4) is 0 Å². The molecule has 0 fully saturated rings. The third-order valence-electron chi connectivity index (χ3n) is 4.09. The van der Waals surface area contributed by atoms with Crippen molar-refractivity contribution in [1.82, 2.24) is 4.90 Å². The maximum absolute atomic E-state index is 13.0. The van der Waals surface area contributed by atoms with Gasteiger partial charge in [-0.1, -0.05) is 30.3 Å². The Balaban J connectivity index is 1.86. The molecular weight excluding hydrogens is 388 g/mol. The first-order valence-corrected chi connectivity index (χ1v) is 9.90. The van der Waals surface area contributed by atoms with Crippen molar-refractivity contribution in [2.75, 3.05) is 0 Å². The Labute approximate surface area is 161 Å². The molecule has 0 bridgehead atoms. The lowest BCUT2D eigenvalue weighted by Gasteiger charge is -2.22. The van der Waals surface area contributed by atoms with Crippen LogP contribution >= 0.6 is 0 Å². The summed E-state index contributed by atoms with van der Waals surface area (Å²) in [4.78, 5) is 14.0. The Bertz CT molecular complexity index is 1020. The third-order valence-corrected chi connectivity index (χ3v) is 5.49. The average Bonchev–Trinajstić information content (AvgIpc) is 3.21. The van der Waals surface area contributed by atoms with E-state index >= 15 is 0 Å². The first kappa shape index (κ1) is 19.8. The van der Waals surface area contributed by atoms with Crippen LogP contribution in [-0.2, 0) is 22.9 Å². The van der Waals surface area contributed by atoms with Gasteiger partial charge in [0.1, 0.15) is 5.76 Å². The van der Waals surface area contributed by atoms with Crippen LogP contribution in [0.1, 0.15) is 21.7 Å². The second kappa shape index (κ2) is 8.35. The molecular formula is C20H17F2NO4S. The van der Waals surface area contributed by atoms with Crippen LogP contribution in [0.25, 0.3) is 0 Å². The molecule has 0 saturated heterocycles. The van der Waals surface area contributed by atoms with Crippen molar-refractivity contribution in [3.63, 3.8) is 0 Å². The molecule has 0 unspecified atom stereocenters. The zero-order valence-electron chi connectivity index (χ0n) is 14.7. The van der Waals surface area contributed by atoms with Gasteiger partial charge in [-0.25, -0.2) is 8.42 Å². The summed E-state index contributed by atoms with van der Waals surface area (Å²) in [6.45, 7) is 0.509. The van der Waals surface area contributed by atoms with Gasteiger partial charge >= 0.3 is 5.76 Å². The predicted molar refractivity (Wildman–Crippen MR) is 98.4 cm³/mol. The Morgan fingerprint density at radius 1 is 0.929 bits per heavy atom. The van der Waals surface area contributed by atoms with Crippen LogP contribution in [0.5, 0.6) is 0 Å². The molecule has 0 aliphatic carbocycles. The average molecular weight is 405 g/mol. The van der Waals surface area contributed by atoms with Crippen LogP contribution in [0, 0.1) is 0 Å². The lowest BCUT2D eigenvalue weighted by Crippen LogP contribution is -2.30. The molecule has 5 nitrogen and oxygen atoms in total. The number of sulfone groups is 1. The first-order chi connectivity index (χ1) is 13.4. The Hall–Kier alpha value is -3.00. The number of benzene rings is 2. The molecule has 8 heteroatoms. The highest BCUT2D eigenvalue weighted by atomic mass is 32.2. The summed E-state index contributed by atoms with van der Waals surface area (Å²) in [6, 6.07) is 17.3. The molecule has 146 valence electrons. The van der Waals surface area contributed by atoms with Crippen LogP contribution in [0.2, 0.25) is 0 Å². The second-order valence-corrected chi connectivity index (χ2v) is 7.97. The van der Waals surface area contributed by atoms with E-state index in [0.29, 0.717) is 12.3 Å². The molecule has 0 radical (unpaired) electrons. The minimum atomic E-state index is -4.70. The lowest BCUT2D eigenvalue weighted by molar-refractivity contribution is 0.0717. The highest BCUT2D eigenvalue weighted by Gasteiger charge is 2.27. The molecule has 0 spiro atoms. The van der Waals surface area contributed by atoms with Gasteiger partial charge in [0.25, 0.3) is 5.91 Å². The zero-order chi connectivity index (χ0) is 20.1. The third kappa shape index (κ3) is 4.45. The minimum absolute atomic E-state index is 0.190. The van der Waals surface area contributed by atoms with Gasteiger partial charge in [0.05, 0.1) is 17.7 Å². The van der Waals surface area contributed by atoms with Crippen LogP contribution < -0.4 is 0 Å². The van der Waals surface area contributed by atoms with Gasteiger partial charge in [0.15, 0.2) is 0 Å². The van der Waals surface area contributed by atoms with Gasteiger partial charge in [0.2, 0.25) is 9.84 Å². The number of nitrogens with zero attached hydrogens (tertiary/aromatic N) is 1. The van der Waals surface area contributed by atoms with Gasteiger partial charge in [0, 0.05) is 12.1 Å². The van der Waals surface area contributed by atoms with Gasteiger partial charge in [-0.05, 0) is 42.0 Å². The molecule has 0 N–H and O–H groups in total.